The number of furan rings is 1. The van der Waals surface area contributed by atoms with Crippen molar-refractivity contribution in [2.75, 3.05) is 6.54 Å². The molecule has 0 spiro atoms. The standard InChI is InChI=1S/C15H19F2NOS2/c1-15(2,13-4-3-7-20-13)10-18-8-11-5-6-12(19-11)9-21-14(16)17/h3-7,14,18H,8-10H2,1-2H3. The lowest BCUT2D eigenvalue weighted by atomic mass is 9.91. The number of hydrogen-bond donors (Lipinski definition) is 1. The second-order valence-electron chi connectivity index (χ2n) is 5.40. The van der Waals surface area contributed by atoms with Crippen LogP contribution in [0.25, 0.3) is 0 Å². The fourth-order valence-electron chi connectivity index (χ4n) is 1.99. The third-order valence-electron chi connectivity index (χ3n) is 3.12. The molecule has 6 heteroatoms. The van der Waals surface area contributed by atoms with Gasteiger partial charge in [0.15, 0.2) is 0 Å². The summed E-state index contributed by atoms with van der Waals surface area (Å²) < 4.78 is 29.7. The minimum atomic E-state index is -2.36. The highest BCUT2D eigenvalue weighted by molar-refractivity contribution is 7.98. The molecule has 0 radical (unpaired) electrons. The van der Waals surface area contributed by atoms with Gasteiger partial charge in [0.05, 0.1) is 12.3 Å². The highest BCUT2D eigenvalue weighted by Crippen LogP contribution is 2.27. The molecule has 116 valence electrons. The molecule has 2 aromatic heterocycles. The molecule has 2 aromatic rings. The minimum Gasteiger partial charge on any atom is -0.464 e. The van der Waals surface area contributed by atoms with E-state index in [-0.39, 0.29) is 11.2 Å². The molecule has 0 saturated carbocycles. The van der Waals surface area contributed by atoms with Gasteiger partial charge in [-0.3, -0.25) is 0 Å². The van der Waals surface area contributed by atoms with E-state index < -0.39 is 5.76 Å². The number of rotatable bonds is 8. The van der Waals surface area contributed by atoms with E-state index in [2.05, 4.69) is 36.7 Å². The Balaban J connectivity index is 1.78. The van der Waals surface area contributed by atoms with Crippen LogP contribution < -0.4 is 5.32 Å². The summed E-state index contributed by atoms with van der Waals surface area (Å²) in [5.41, 5.74) is 0.0646. The van der Waals surface area contributed by atoms with E-state index in [0.29, 0.717) is 24.1 Å². The highest BCUT2D eigenvalue weighted by atomic mass is 32.2. The lowest BCUT2D eigenvalue weighted by Crippen LogP contribution is -2.31. The second-order valence-corrected chi connectivity index (χ2v) is 7.33. The summed E-state index contributed by atoms with van der Waals surface area (Å²) >= 11 is 2.33. The van der Waals surface area contributed by atoms with Gasteiger partial charge in [0.25, 0.3) is 5.76 Å². The first-order valence-electron chi connectivity index (χ1n) is 6.69. The SMILES string of the molecule is CC(C)(CNCc1ccc(CSC(F)F)o1)c1cccs1. The molecule has 2 heterocycles. The van der Waals surface area contributed by atoms with Gasteiger partial charge < -0.3 is 9.73 Å². The molecule has 0 aliphatic carbocycles. The Morgan fingerprint density at radius 2 is 2.05 bits per heavy atom. The number of alkyl halides is 2. The average molecular weight is 331 g/mol. The largest absolute Gasteiger partial charge is 0.464 e. The van der Waals surface area contributed by atoms with E-state index in [0.717, 1.165) is 12.3 Å². The monoisotopic (exact) mass is 331 g/mol. The zero-order valence-electron chi connectivity index (χ0n) is 12.1. The molecule has 0 bridgehead atoms. The van der Waals surface area contributed by atoms with Crippen molar-refractivity contribution in [1.29, 1.82) is 0 Å². The molecular weight excluding hydrogens is 312 g/mol. The Hall–Kier alpha value is -0.850. The van der Waals surface area contributed by atoms with Gasteiger partial charge in [-0.25, -0.2) is 0 Å². The Morgan fingerprint density at radius 3 is 2.71 bits per heavy atom. The zero-order valence-corrected chi connectivity index (χ0v) is 13.7. The van der Waals surface area contributed by atoms with Gasteiger partial charge in [0.1, 0.15) is 11.5 Å². The maximum Gasteiger partial charge on any atom is 0.284 e. The summed E-state index contributed by atoms with van der Waals surface area (Å²) in [5.74, 6) is -0.780. The van der Waals surface area contributed by atoms with Crippen molar-refractivity contribution in [3.63, 3.8) is 0 Å². The molecule has 0 aromatic carbocycles. The Kier molecular flexibility index (Phi) is 5.84. The third-order valence-corrected chi connectivity index (χ3v) is 5.06. The summed E-state index contributed by atoms with van der Waals surface area (Å²) in [6.45, 7) is 5.82. The molecule has 0 saturated heterocycles. The molecule has 0 aliphatic heterocycles. The second kappa shape index (κ2) is 7.42. The fourth-order valence-corrected chi connectivity index (χ4v) is 3.29. The van der Waals surface area contributed by atoms with Gasteiger partial charge in [0.2, 0.25) is 0 Å². The van der Waals surface area contributed by atoms with E-state index >= 15 is 0 Å². The molecule has 2 rings (SSSR count). The van der Waals surface area contributed by atoms with Crippen molar-refractivity contribution in [3.8, 4) is 0 Å². The highest BCUT2D eigenvalue weighted by Gasteiger charge is 2.21. The van der Waals surface area contributed by atoms with Crippen LogP contribution >= 0.6 is 23.1 Å². The summed E-state index contributed by atoms with van der Waals surface area (Å²) in [7, 11) is 0. The van der Waals surface area contributed by atoms with Crippen LogP contribution in [0.3, 0.4) is 0 Å². The van der Waals surface area contributed by atoms with Crippen LogP contribution in [0.1, 0.15) is 30.2 Å². The van der Waals surface area contributed by atoms with Crippen LogP contribution in [0.4, 0.5) is 8.78 Å². The zero-order chi connectivity index (χ0) is 15.3. The van der Waals surface area contributed by atoms with Gasteiger partial charge in [0, 0.05) is 16.8 Å². The van der Waals surface area contributed by atoms with Crippen molar-refractivity contribution in [2.45, 2.75) is 37.3 Å². The average Bonchev–Trinajstić information content (AvgIpc) is 3.08. The Labute approximate surface area is 131 Å². The topological polar surface area (TPSA) is 25.2 Å². The molecule has 0 amide bonds. The van der Waals surface area contributed by atoms with Gasteiger partial charge in [-0.15, -0.1) is 11.3 Å². The van der Waals surface area contributed by atoms with E-state index in [1.54, 1.807) is 17.4 Å². The van der Waals surface area contributed by atoms with Crippen molar-refractivity contribution >= 4 is 23.1 Å². The summed E-state index contributed by atoms with van der Waals surface area (Å²) in [4.78, 5) is 1.34. The van der Waals surface area contributed by atoms with E-state index in [1.807, 2.05) is 6.07 Å². The van der Waals surface area contributed by atoms with E-state index in [1.165, 1.54) is 4.88 Å². The number of thiophene rings is 1. The van der Waals surface area contributed by atoms with E-state index in [4.69, 9.17) is 4.42 Å². The maximum atomic E-state index is 12.1. The number of hydrogen-bond acceptors (Lipinski definition) is 4. The van der Waals surface area contributed by atoms with Gasteiger partial charge >= 0.3 is 0 Å². The molecule has 1 N–H and O–H groups in total. The van der Waals surface area contributed by atoms with Crippen LogP contribution in [0.5, 0.6) is 0 Å². The first kappa shape index (κ1) is 16.5. The molecule has 0 fully saturated rings. The van der Waals surface area contributed by atoms with Gasteiger partial charge in [-0.1, -0.05) is 31.7 Å². The molecule has 2 nitrogen and oxygen atoms in total. The fraction of sp³-hybridized carbons (Fsp3) is 0.467. The maximum absolute atomic E-state index is 12.1. The molecule has 0 aliphatic rings. The van der Waals surface area contributed by atoms with Crippen LogP contribution in [0.2, 0.25) is 0 Å². The van der Waals surface area contributed by atoms with Crippen LogP contribution in [0.15, 0.2) is 34.1 Å². The number of halogens is 2. The summed E-state index contributed by atoms with van der Waals surface area (Å²) in [6, 6.07) is 7.80. The number of thioether (sulfide) groups is 1. The minimum absolute atomic E-state index is 0.0646. The van der Waals surface area contributed by atoms with Crippen LogP contribution in [-0.2, 0) is 17.7 Å². The van der Waals surface area contributed by atoms with Gasteiger partial charge in [-0.2, -0.15) is 8.78 Å². The van der Waals surface area contributed by atoms with Gasteiger partial charge in [-0.05, 0) is 23.6 Å². The van der Waals surface area contributed by atoms with Crippen LogP contribution in [-0.4, -0.2) is 12.3 Å². The van der Waals surface area contributed by atoms with Crippen molar-refractivity contribution in [3.05, 3.63) is 46.0 Å². The molecular formula is C15H19F2NOS2. The first-order valence-corrected chi connectivity index (χ1v) is 8.62. The lowest BCUT2D eigenvalue weighted by Gasteiger charge is -2.23. The van der Waals surface area contributed by atoms with Crippen molar-refractivity contribution in [2.24, 2.45) is 0 Å². The van der Waals surface area contributed by atoms with Crippen molar-refractivity contribution in [1.82, 2.24) is 5.32 Å². The molecule has 0 unspecified atom stereocenters. The predicted molar refractivity (Wildman–Crippen MR) is 85.1 cm³/mol. The van der Waals surface area contributed by atoms with E-state index in [9.17, 15) is 8.78 Å². The number of nitrogens with one attached hydrogen (secondary N) is 1. The normalized spacial score (nSPS) is 12.2. The third kappa shape index (κ3) is 5.13. The molecule has 0 atom stereocenters. The molecule has 21 heavy (non-hydrogen) atoms. The van der Waals surface area contributed by atoms with Crippen molar-refractivity contribution < 1.29 is 13.2 Å². The summed E-state index contributed by atoms with van der Waals surface area (Å²) in [6.07, 6.45) is 0. The quantitative estimate of drug-likeness (QED) is 0.747. The predicted octanol–water partition coefficient (Wildman–Crippen LogP) is 4.86. The smallest absolute Gasteiger partial charge is 0.284 e. The first-order chi connectivity index (χ1) is 9.97. The lowest BCUT2D eigenvalue weighted by molar-refractivity contribution is 0.251. The van der Waals surface area contributed by atoms with Crippen LogP contribution in [0, 0.1) is 0 Å². The Bertz CT molecular complexity index is 538. The summed E-state index contributed by atoms with van der Waals surface area (Å²) in [5, 5.41) is 5.45. The Morgan fingerprint density at radius 1 is 1.29 bits per heavy atom.